The predicted octanol–water partition coefficient (Wildman–Crippen LogP) is 4.41. The Balaban J connectivity index is 1.61. The highest BCUT2D eigenvalue weighted by Gasteiger charge is 2.52. The quantitative estimate of drug-likeness (QED) is 0.625. The Morgan fingerprint density at radius 1 is 1.04 bits per heavy atom. The lowest BCUT2D eigenvalue weighted by molar-refractivity contribution is -0.118. The van der Waals surface area contributed by atoms with Crippen LogP contribution in [0.25, 0.3) is 10.8 Å². The molecular weight excluding hydrogens is 398 g/mol. The first kappa shape index (κ1) is 15.0. The maximum absolute atomic E-state index is 12.7. The highest BCUT2D eigenvalue weighted by atomic mass is 79.9. The molecule has 0 fully saturated rings. The molecule has 0 saturated carbocycles. The number of carbonyl (C=O) groups excluding carboxylic acids is 1. The second-order valence-electron chi connectivity index (χ2n) is 5.98. The van der Waals surface area contributed by atoms with Gasteiger partial charge in [0.05, 0.1) is 0 Å². The van der Waals surface area contributed by atoms with Crippen molar-refractivity contribution in [3.8, 4) is 0 Å². The first-order chi connectivity index (χ1) is 12.2. The molecule has 2 aliphatic rings. The number of hydrazone groups is 1. The molecule has 0 bridgehead atoms. The van der Waals surface area contributed by atoms with Gasteiger partial charge in [0, 0.05) is 21.3 Å². The fourth-order valence-corrected chi connectivity index (χ4v) is 4.85. The molecule has 1 spiro atoms. The molecule has 0 saturated heterocycles. The maximum Gasteiger partial charge on any atom is 0.267 e. The van der Waals surface area contributed by atoms with E-state index in [1.807, 2.05) is 42.5 Å². The van der Waals surface area contributed by atoms with Gasteiger partial charge in [-0.1, -0.05) is 70.2 Å². The normalized spacial score (nSPS) is 21.2. The van der Waals surface area contributed by atoms with Gasteiger partial charge in [-0.2, -0.15) is 5.10 Å². The van der Waals surface area contributed by atoms with Crippen LogP contribution in [0.1, 0.15) is 11.1 Å². The fraction of sp³-hybridized carbons (Fsp3) is 0.0526. The standard InChI is InChI=1S/C19H12BrN3OS/c20-12-8-9-16-15(10-12)19(18(24)21-16)23-22-17(25-19)14-7-3-5-11-4-1-2-6-13(11)14/h1-10,23H,(H,21,24). The third-order valence-electron chi connectivity index (χ3n) is 4.51. The van der Waals surface area contributed by atoms with E-state index in [4.69, 9.17) is 0 Å². The molecule has 0 aliphatic carbocycles. The van der Waals surface area contributed by atoms with Crippen molar-refractivity contribution < 1.29 is 4.79 Å². The van der Waals surface area contributed by atoms with Crippen molar-refractivity contribution in [2.75, 3.05) is 5.32 Å². The molecule has 6 heteroatoms. The minimum Gasteiger partial charge on any atom is -0.323 e. The lowest BCUT2D eigenvalue weighted by atomic mass is 10.1. The number of rotatable bonds is 1. The van der Waals surface area contributed by atoms with Crippen LogP contribution < -0.4 is 10.7 Å². The number of amides is 1. The zero-order valence-corrected chi connectivity index (χ0v) is 15.3. The van der Waals surface area contributed by atoms with Gasteiger partial charge in [-0.25, -0.2) is 0 Å². The van der Waals surface area contributed by atoms with Crippen molar-refractivity contribution in [2.24, 2.45) is 5.10 Å². The molecule has 2 heterocycles. The summed E-state index contributed by atoms with van der Waals surface area (Å²) in [5.74, 6) is -0.0930. The molecule has 1 amide bonds. The van der Waals surface area contributed by atoms with E-state index in [2.05, 4.69) is 50.0 Å². The van der Waals surface area contributed by atoms with E-state index >= 15 is 0 Å². The van der Waals surface area contributed by atoms with Crippen molar-refractivity contribution in [3.05, 3.63) is 76.3 Å². The van der Waals surface area contributed by atoms with E-state index in [0.29, 0.717) is 0 Å². The van der Waals surface area contributed by atoms with Crippen molar-refractivity contribution in [3.63, 3.8) is 0 Å². The number of hydrogen-bond acceptors (Lipinski definition) is 4. The molecule has 2 aliphatic heterocycles. The van der Waals surface area contributed by atoms with Gasteiger partial charge in [-0.15, -0.1) is 0 Å². The Hall–Kier alpha value is -2.31. The highest BCUT2D eigenvalue weighted by molar-refractivity contribution is 9.10. The Kier molecular flexibility index (Phi) is 3.20. The van der Waals surface area contributed by atoms with Gasteiger partial charge in [0.25, 0.3) is 5.91 Å². The van der Waals surface area contributed by atoms with Crippen LogP contribution in [0.3, 0.4) is 0 Å². The molecule has 2 N–H and O–H groups in total. The summed E-state index contributed by atoms with van der Waals surface area (Å²) in [5, 5.41) is 10.6. The van der Waals surface area contributed by atoms with Crippen LogP contribution >= 0.6 is 27.7 Å². The number of thioether (sulfide) groups is 1. The highest BCUT2D eigenvalue weighted by Crippen LogP contribution is 2.49. The minimum atomic E-state index is -0.911. The molecule has 1 atom stereocenters. The first-order valence-corrected chi connectivity index (χ1v) is 9.42. The number of halogens is 1. The number of hydrogen-bond donors (Lipinski definition) is 2. The largest absolute Gasteiger partial charge is 0.323 e. The molecule has 0 radical (unpaired) electrons. The second-order valence-corrected chi connectivity index (χ2v) is 8.10. The van der Waals surface area contributed by atoms with Gasteiger partial charge in [0.15, 0.2) is 0 Å². The Labute approximate surface area is 156 Å². The van der Waals surface area contributed by atoms with Gasteiger partial charge >= 0.3 is 0 Å². The summed E-state index contributed by atoms with van der Waals surface area (Å²) in [4.78, 5) is 11.8. The summed E-state index contributed by atoms with van der Waals surface area (Å²) in [7, 11) is 0. The number of benzene rings is 3. The van der Waals surface area contributed by atoms with Crippen molar-refractivity contribution in [2.45, 2.75) is 4.87 Å². The summed E-state index contributed by atoms with van der Waals surface area (Å²) >= 11 is 4.95. The van der Waals surface area contributed by atoms with E-state index in [9.17, 15) is 4.79 Å². The Morgan fingerprint density at radius 3 is 2.80 bits per heavy atom. The third kappa shape index (κ3) is 2.14. The van der Waals surface area contributed by atoms with Crippen molar-refractivity contribution >= 4 is 55.1 Å². The monoisotopic (exact) mass is 409 g/mol. The Bertz CT molecular complexity index is 1080. The maximum atomic E-state index is 12.7. The summed E-state index contributed by atoms with van der Waals surface area (Å²) in [6, 6.07) is 20.1. The molecular formula is C19H12BrN3OS. The van der Waals surface area contributed by atoms with Crippen molar-refractivity contribution in [1.29, 1.82) is 0 Å². The molecule has 1 unspecified atom stereocenters. The molecule has 3 aromatic carbocycles. The summed E-state index contributed by atoms with van der Waals surface area (Å²) in [5.41, 5.74) is 5.85. The van der Waals surface area contributed by atoms with E-state index in [-0.39, 0.29) is 5.91 Å². The zero-order valence-electron chi connectivity index (χ0n) is 12.9. The number of nitrogens with one attached hydrogen (secondary N) is 2. The summed E-state index contributed by atoms with van der Waals surface area (Å²) in [6.45, 7) is 0. The average molecular weight is 410 g/mol. The van der Waals surface area contributed by atoms with Crippen LogP contribution in [0, 0.1) is 0 Å². The summed E-state index contributed by atoms with van der Waals surface area (Å²) in [6.07, 6.45) is 0. The number of fused-ring (bicyclic) bond motifs is 3. The van der Waals surface area contributed by atoms with Gasteiger partial charge in [-0.05, 0) is 29.0 Å². The van der Waals surface area contributed by atoms with Crippen LogP contribution in [-0.2, 0) is 9.67 Å². The third-order valence-corrected chi connectivity index (χ3v) is 6.31. The number of carbonyl (C=O) groups is 1. The molecule has 3 aromatic rings. The fourth-order valence-electron chi connectivity index (χ4n) is 3.31. The zero-order chi connectivity index (χ0) is 17.0. The van der Waals surface area contributed by atoms with E-state index in [0.717, 1.165) is 37.1 Å². The smallest absolute Gasteiger partial charge is 0.267 e. The van der Waals surface area contributed by atoms with Crippen LogP contribution in [-0.4, -0.2) is 11.0 Å². The van der Waals surface area contributed by atoms with E-state index in [1.54, 1.807) is 0 Å². The topological polar surface area (TPSA) is 53.5 Å². The molecule has 0 aromatic heterocycles. The Morgan fingerprint density at radius 2 is 1.88 bits per heavy atom. The van der Waals surface area contributed by atoms with Gasteiger partial charge < -0.3 is 5.32 Å². The first-order valence-electron chi connectivity index (χ1n) is 7.81. The van der Waals surface area contributed by atoms with Crippen LogP contribution in [0.2, 0.25) is 0 Å². The van der Waals surface area contributed by atoms with Crippen LogP contribution in [0.5, 0.6) is 0 Å². The summed E-state index contributed by atoms with van der Waals surface area (Å²) < 4.78 is 0.933. The van der Waals surface area contributed by atoms with E-state index in [1.165, 1.54) is 11.8 Å². The molecule has 5 rings (SSSR count). The molecule has 25 heavy (non-hydrogen) atoms. The molecule has 122 valence electrons. The van der Waals surface area contributed by atoms with Gasteiger partial charge in [-0.3, -0.25) is 10.2 Å². The van der Waals surface area contributed by atoms with Crippen LogP contribution in [0.15, 0.2) is 70.2 Å². The van der Waals surface area contributed by atoms with Gasteiger partial charge in [0.1, 0.15) is 5.04 Å². The van der Waals surface area contributed by atoms with Crippen molar-refractivity contribution in [1.82, 2.24) is 5.43 Å². The van der Waals surface area contributed by atoms with Gasteiger partial charge in [0.2, 0.25) is 4.87 Å². The van der Waals surface area contributed by atoms with E-state index < -0.39 is 4.87 Å². The SMILES string of the molecule is O=C1Nc2ccc(Br)cc2C12NN=C(c1cccc3ccccc13)S2. The predicted molar refractivity (Wildman–Crippen MR) is 106 cm³/mol. The van der Waals surface area contributed by atoms with Crippen LogP contribution in [0.4, 0.5) is 5.69 Å². The molecule has 4 nitrogen and oxygen atoms in total. The average Bonchev–Trinajstić information content (AvgIpc) is 3.19. The minimum absolute atomic E-state index is 0.0930. The lowest BCUT2D eigenvalue weighted by Gasteiger charge is -2.20. The lowest BCUT2D eigenvalue weighted by Crippen LogP contribution is -2.39. The second kappa shape index (κ2) is 5.34. The number of nitrogens with zero attached hydrogens (tertiary/aromatic N) is 1. The number of anilines is 1.